The molecule has 1 amide bonds. The number of carbonyl (C=O) groups is 2. The van der Waals surface area contributed by atoms with Gasteiger partial charge in [0.05, 0.1) is 34.4 Å². The number of hydrogen-bond donors (Lipinski definition) is 1. The minimum Gasteiger partial charge on any atom is -0.481 e. The molecule has 0 saturated carbocycles. The Morgan fingerprint density at radius 1 is 0.975 bits per heavy atom. The standard InChI is InChI=1S/C29H22Cl2F3N3O3/c30-20-13-9-18(10-14-20)27-21(16-25(38)39)26(35-37(27)24-5-2-1-4-22(24)31)28(40)36-15-3-6-23(36)17-7-11-19(12-8-17)29(32,33)34/h1-2,4-5,7-14,23H,3,6,15-16H2,(H,38,39). The average molecular weight is 588 g/mol. The number of amides is 1. The summed E-state index contributed by atoms with van der Waals surface area (Å²) in [4.78, 5) is 27.6. The molecule has 1 fully saturated rings. The van der Waals surface area contributed by atoms with Gasteiger partial charge >= 0.3 is 12.1 Å². The first-order valence-electron chi connectivity index (χ1n) is 12.4. The minimum atomic E-state index is -4.47. The number of benzene rings is 3. The summed E-state index contributed by atoms with van der Waals surface area (Å²) in [5.41, 5.74) is 1.31. The number of carboxylic acids is 1. The Balaban J connectivity index is 1.64. The number of halogens is 5. The normalized spacial score (nSPS) is 15.4. The highest BCUT2D eigenvalue weighted by Crippen LogP contribution is 2.38. The highest BCUT2D eigenvalue weighted by molar-refractivity contribution is 6.32. The number of likely N-dealkylation sites (tertiary alicyclic amines) is 1. The van der Waals surface area contributed by atoms with Crippen molar-refractivity contribution < 1.29 is 27.9 Å². The lowest BCUT2D eigenvalue weighted by Gasteiger charge is -2.25. The molecule has 1 aliphatic rings. The Morgan fingerprint density at radius 2 is 1.65 bits per heavy atom. The van der Waals surface area contributed by atoms with E-state index in [1.807, 2.05) is 0 Å². The van der Waals surface area contributed by atoms with E-state index in [0.29, 0.717) is 51.9 Å². The van der Waals surface area contributed by atoms with Gasteiger partial charge in [-0.25, -0.2) is 4.68 Å². The monoisotopic (exact) mass is 587 g/mol. The van der Waals surface area contributed by atoms with Crippen molar-refractivity contribution in [2.45, 2.75) is 31.5 Å². The van der Waals surface area contributed by atoms with E-state index in [2.05, 4.69) is 5.10 Å². The van der Waals surface area contributed by atoms with Crippen LogP contribution in [0.1, 0.15) is 46.1 Å². The fourth-order valence-electron chi connectivity index (χ4n) is 5.03. The number of hydrogen-bond acceptors (Lipinski definition) is 3. The van der Waals surface area contributed by atoms with Crippen LogP contribution in [0.4, 0.5) is 13.2 Å². The second kappa shape index (κ2) is 11.0. The Hall–Kier alpha value is -3.82. The number of aliphatic carboxylic acids is 1. The molecule has 1 saturated heterocycles. The first kappa shape index (κ1) is 27.7. The van der Waals surface area contributed by atoms with Gasteiger partial charge in [-0.2, -0.15) is 18.3 Å². The number of alkyl halides is 3. The molecule has 5 rings (SSSR count). The van der Waals surface area contributed by atoms with Crippen LogP contribution in [0, 0.1) is 0 Å². The summed E-state index contributed by atoms with van der Waals surface area (Å²) >= 11 is 12.6. The van der Waals surface area contributed by atoms with E-state index in [0.717, 1.165) is 12.1 Å². The zero-order valence-electron chi connectivity index (χ0n) is 20.8. The summed E-state index contributed by atoms with van der Waals surface area (Å²) in [5.74, 6) is -1.68. The van der Waals surface area contributed by atoms with E-state index in [1.54, 1.807) is 53.4 Å². The van der Waals surface area contributed by atoms with Gasteiger partial charge < -0.3 is 10.0 Å². The molecule has 0 spiro atoms. The molecule has 0 bridgehead atoms. The molecule has 11 heteroatoms. The molecule has 1 unspecified atom stereocenters. The second-order valence-electron chi connectivity index (χ2n) is 9.39. The molecule has 2 heterocycles. The molecule has 1 N–H and O–H groups in total. The molecule has 3 aromatic carbocycles. The van der Waals surface area contributed by atoms with Crippen LogP contribution in [0.2, 0.25) is 10.0 Å². The third-order valence-corrected chi connectivity index (χ3v) is 7.42. The fraction of sp³-hybridized carbons (Fsp3) is 0.207. The van der Waals surface area contributed by atoms with E-state index < -0.39 is 36.1 Å². The SMILES string of the molecule is O=C(O)Cc1c(C(=O)N2CCCC2c2ccc(C(F)(F)F)cc2)nn(-c2ccccc2Cl)c1-c1ccc(Cl)cc1. The second-order valence-corrected chi connectivity index (χ2v) is 10.2. The van der Waals surface area contributed by atoms with Gasteiger partial charge in [0.15, 0.2) is 5.69 Å². The number of aromatic nitrogens is 2. The van der Waals surface area contributed by atoms with Crippen molar-refractivity contribution in [3.63, 3.8) is 0 Å². The zero-order valence-corrected chi connectivity index (χ0v) is 22.3. The Kier molecular flexibility index (Phi) is 7.61. The van der Waals surface area contributed by atoms with Crippen molar-refractivity contribution in [3.05, 3.63) is 105 Å². The van der Waals surface area contributed by atoms with Gasteiger partial charge in [-0.3, -0.25) is 9.59 Å². The van der Waals surface area contributed by atoms with Gasteiger partial charge in [0.25, 0.3) is 5.91 Å². The summed E-state index contributed by atoms with van der Waals surface area (Å²) in [6.45, 7) is 0.340. The molecule has 1 atom stereocenters. The predicted molar refractivity (Wildman–Crippen MR) is 145 cm³/mol. The minimum absolute atomic E-state index is 0.0638. The quantitative estimate of drug-likeness (QED) is 0.254. The summed E-state index contributed by atoms with van der Waals surface area (Å²) in [6, 6.07) is 17.8. The van der Waals surface area contributed by atoms with E-state index in [4.69, 9.17) is 23.2 Å². The largest absolute Gasteiger partial charge is 0.481 e. The van der Waals surface area contributed by atoms with E-state index in [-0.39, 0.29) is 11.3 Å². The Labute approximate surface area is 237 Å². The molecule has 6 nitrogen and oxygen atoms in total. The van der Waals surface area contributed by atoms with Gasteiger partial charge in [0.2, 0.25) is 0 Å². The maximum Gasteiger partial charge on any atom is 0.416 e. The van der Waals surface area contributed by atoms with Crippen LogP contribution in [-0.4, -0.2) is 38.2 Å². The summed E-state index contributed by atoms with van der Waals surface area (Å²) < 4.78 is 40.8. The Morgan fingerprint density at radius 3 is 2.27 bits per heavy atom. The maximum atomic E-state index is 14.0. The van der Waals surface area contributed by atoms with E-state index in [9.17, 15) is 27.9 Å². The van der Waals surface area contributed by atoms with Gasteiger partial charge in [-0.1, -0.05) is 59.6 Å². The molecule has 206 valence electrons. The van der Waals surface area contributed by atoms with Crippen LogP contribution in [0.15, 0.2) is 72.8 Å². The van der Waals surface area contributed by atoms with E-state index >= 15 is 0 Å². The fourth-order valence-corrected chi connectivity index (χ4v) is 5.37. The third-order valence-electron chi connectivity index (χ3n) is 6.85. The van der Waals surface area contributed by atoms with Gasteiger partial charge in [-0.05, 0) is 54.8 Å². The van der Waals surface area contributed by atoms with Gasteiger partial charge in [0, 0.05) is 22.7 Å². The lowest BCUT2D eigenvalue weighted by molar-refractivity contribution is -0.138. The first-order chi connectivity index (χ1) is 19.0. The predicted octanol–water partition coefficient (Wildman–Crippen LogP) is 7.47. The Bertz CT molecular complexity index is 1570. The lowest BCUT2D eigenvalue weighted by atomic mass is 10.0. The molecule has 40 heavy (non-hydrogen) atoms. The number of carboxylic acid groups (broad SMARTS) is 1. The van der Waals surface area contributed by atoms with Crippen molar-refractivity contribution in [2.24, 2.45) is 0 Å². The molecule has 0 radical (unpaired) electrons. The smallest absolute Gasteiger partial charge is 0.416 e. The molecule has 1 aromatic heterocycles. The van der Waals surface area contributed by atoms with Crippen LogP contribution in [0.3, 0.4) is 0 Å². The van der Waals surface area contributed by atoms with Crippen molar-refractivity contribution >= 4 is 35.1 Å². The molecule has 1 aliphatic heterocycles. The highest BCUT2D eigenvalue weighted by atomic mass is 35.5. The van der Waals surface area contributed by atoms with Crippen molar-refractivity contribution in [1.82, 2.24) is 14.7 Å². The van der Waals surface area contributed by atoms with Crippen molar-refractivity contribution in [2.75, 3.05) is 6.54 Å². The average Bonchev–Trinajstić information content (AvgIpc) is 3.54. The number of para-hydroxylation sites is 1. The molecule has 0 aliphatic carbocycles. The summed E-state index contributed by atoms with van der Waals surface area (Å²) in [7, 11) is 0. The molecular formula is C29H22Cl2F3N3O3. The maximum absolute atomic E-state index is 14.0. The van der Waals surface area contributed by atoms with Crippen LogP contribution in [0.25, 0.3) is 16.9 Å². The highest BCUT2D eigenvalue weighted by Gasteiger charge is 2.36. The third kappa shape index (κ3) is 5.44. The van der Waals surface area contributed by atoms with Gasteiger partial charge in [-0.15, -0.1) is 0 Å². The van der Waals surface area contributed by atoms with Crippen LogP contribution < -0.4 is 0 Å². The van der Waals surface area contributed by atoms with Crippen LogP contribution >= 0.6 is 23.2 Å². The topological polar surface area (TPSA) is 75.4 Å². The first-order valence-corrected chi connectivity index (χ1v) is 13.1. The van der Waals surface area contributed by atoms with Crippen molar-refractivity contribution in [3.8, 4) is 16.9 Å². The number of nitrogens with zero attached hydrogens (tertiary/aromatic N) is 3. The van der Waals surface area contributed by atoms with Crippen molar-refractivity contribution in [1.29, 1.82) is 0 Å². The lowest BCUT2D eigenvalue weighted by Crippen LogP contribution is -2.32. The summed E-state index contributed by atoms with van der Waals surface area (Å²) in [6.07, 6.45) is -3.80. The van der Waals surface area contributed by atoms with Crippen LogP contribution in [0.5, 0.6) is 0 Å². The van der Waals surface area contributed by atoms with Crippen LogP contribution in [-0.2, 0) is 17.4 Å². The van der Waals surface area contributed by atoms with Gasteiger partial charge in [0.1, 0.15) is 0 Å². The zero-order chi connectivity index (χ0) is 28.6. The molecular weight excluding hydrogens is 566 g/mol. The number of rotatable bonds is 6. The van der Waals surface area contributed by atoms with E-state index in [1.165, 1.54) is 16.8 Å². The molecule has 4 aromatic rings. The summed E-state index contributed by atoms with van der Waals surface area (Å²) in [5, 5.41) is 15.2. The number of carbonyl (C=O) groups excluding carboxylic acids is 1.